The molecule has 1 aromatic rings. The van der Waals surface area contributed by atoms with Gasteiger partial charge in [-0.3, -0.25) is 4.79 Å². The van der Waals surface area contributed by atoms with Crippen LogP contribution in [-0.4, -0.2) is 47.7 Å². The quantitative estimate of drug-likeness (QED) is 0.741. The fraction of sp³-hybridized carbons (Fsp3) is 0.556. The number of nitrogens with zero attached hydrogens (tertiary/aromatic N) is 1. The average molecular weight is 366 g/mol. The molecule has 3 rings (SSSR count). The van der Waals surface area contributed by atoms with Crippen LogP contribution < -0.4 is 11.1 Å². The van der Waals surface area contributed by atoms with Crippen molar-refractivity contribution >= 4 is 23.5 Å². The molecule has 2 fully saturated rings. The first-order valence-electron chi connectivity index (χ1n) is 8.67. The van der Waals surface area contributed by atoms with Gasteiger partial charge in [-0.1, -0.05) is 23.7 Å². The van der Waals surface area contributed by atoms with Crippen molar-refractivity contribution in [3.63, 3.8) is 0 Å². The van der Waals surface area contributed by atoms with Crippen molar-refractivity contribution in [2.75, 3.05) is 19.6 Å². The van der Waals surface area contributed by atoms with Crippen LogP contribution in [0.2, 0.25) is 5.02 Å². The molecule has 2 atom stereocenters. The number of urea groups is 1. The minimum Gasteiger partial charge on any atom is -0.391 e. The molecule has 3 amide bonds. The zero-order valence-corrected chi connectivity index (χ0v) is 14.8. The fourth-order valence-electron chi connectivity index (χ4n) is 3.73. The Morgan fingerprint density at radius 3 is 2.56 bits per heavy atom. The number of benzene rings is 1. The Balaban J connectivity index is 1.39. The third kappa shape index (κ3) is 4.44. The summed E-state index contributed by atoms with van der Waals surface area (Å²) < 4.78 is 0. The first-order chi connectivity index (χ1) is 11.9. The normalized spacial score (nSPS) is 28.5. The standard InChI is InChI=1S/C18H24ClN3O3/c19-15-3-1-12(2-4-15)13-5-11(6-13)8-21-18(25)22-9-14(7-17(20)24)16(23)10-22/h1-4,11,13-14,16,23H,5-10H2,(H2,20,24)(H,21,25)/t11?,13?,14-,16-/m1/s1. The molecule has 1 aliphatic carbocycles. The summed E-state index contributed by atoms with van der Waals surface area (Å²) in [6.07, 6.45) is 1.52. The van der Waals surface area contributed by atoms with Gasteiger partial charge in [0.25, 0.3) is 0 Å². The van der Waals surface area contributed by atoms with Crippen molar-refractivity contribution in [1.29, 1.82) is 0 Å². The number of likely N-dealkylation sites (tertiary alicyclic amines) is 1. The van der Waals surface area contributed by atoms with Crippen LogP contribution in [0.1, 0.15) is 30.7 Å². The number of carbonyl (C=O) groups is 2. The lowest BCUT2D eigenvalue weighted by Gasteiger charge is -2.36. The Bertz CT molecular complexity index is 631. The third-order valence-corrected chi connectivity index (χ3v) is 5.53. The molecule has 136 valence electrons. The van der Waals surface area contributed by atoms with Crippen LogP contribution in [0.15, 0.2) is 24.3 Å². The summed E-state index contributed by atoms with van der Waals surface area (Å²) in [7, 11) is 0. The van der Waals surface area contributed by atoms with Gasteiger partial charge in [0.05, 0.1) is 6.10 Å². The smallest absolute Gasteiger partial charge is 0.317 e. The molecule has 0 aromatic heterocycles. The molecule has 0 unspecified atom stereocenters. The monoisotopic (exact) mass is 365 g/mol. The number of nitrogens with two attached hydrogens (primary N) is 1. The van der Waals surface area contributed by atoms with Crippen LogP contribution >= 0.6 is 11.6 Å². The van der Waals surface area contributed by atoms with Gasteiger partial charge in [0.15, 0.2) is 0 Å². The zero-order chi connectivity index (χ0) is 18.0. The van der Waals surface area contributed by atoms with E-state index >= 15 is 0 Å². The van der Waals surface area contributed by atoms with E-state index in [9.17, 15) is 14.7 Å². The second kappa shape index (κ2) is 7.62. The van der Waals surface area contributed by atoms with Crippen LogP contribution in [0.3, 0.4) is 0 Å². The van der Waals surface area contributed by atoms with E-state index in [1.54, 1.807) is 4.90 Å². The molecule has 1 aromatic carbocycles. The van der Waals surface area contributed by atoms with E-state index in [1.165, 1.54) is 5.56 Å². The first kappa shape index (κ1) is 18.0. The summed E-state index contributed by atoms with van der Waals surface area (Å²) in [5.74, 6) is 0.293. The number of rotatable bonds is 5. The molecule has 6 nitrogen and oxygen atoms in total. The third-order valence-electron chi connectivity index (χ3n) is 5.28. The zero-order valence-electron chi connectivity index (χ0n) is 14.0. The number of β-amino-alcohol motifs (C(OH)–C–C–N with tert-alkyl or cyclic N) is 1. The molecule has 1 saturated heterocycles. The van der Waals surface area contributed by atoms with Crippen LogP contribution in [0.4, 0.5) is 4.79 Å². The van der Waals surface area contributed by atoms with Gasteiger partial charge in [0.2, 0.25) is 5.91 Å². The van der Waals surface area contributed by atoms with Gasteiger partial charge in [-0.25, -0.2) is 4.79 Å². The molecule has 0 bridgehead atoms. The Morgan fingerprint density at radius 1 is 1.24 bits per heavy atom. The lowest BCUT2D eigenvalue weighted by atomic mass is 9.71. The molecule has 25 heavy (non-hydrogen) atoms. The van der Waals surface area contributed by atoms with Crippen LogP contribution in [0.5, 0.6) is 0 Å². The minimum atomic E-state index is -0.684. The molecule has 0 spiro atoms. The van der Waals surface area contributed by atoms with E-state index in [2.05, 4.69) is 17.4 Å². The van der Waals surface area contributed by atoms with Gasteiger partial charge in [-0.15, -0.1) is 0 Å². The summed E-state index contributed by atoms with van der Waals surface area (Å²) >= 11 is 5.91. The molecular weight excluding hydrogens is 342 g/mol. The highest BCUT2D eigenvalue weighted by molar-refractivity contribution is 6.30. The molecule has 4 N–H and O–H groups in total. The Kier molecular flexibility index (Phi) is 5.49. The Hall–Kier alpha value is -1.79. The maximum atomic E-state index is 12.2. The van der Waals surface area contributed by atoms with E-state index in [-0.39, 0.29) is 24.9 Å². The van der Waals surface area contributed by atoms with Gasteiger partial charge in [-0.05, 0) is 42.4 Å². The van der Waals surface area contributed by atoms with Gasteiger partial charge in [0.1, 0.15) is 0 Å². The van der Waals surface area contributed by atoms with E-state index < -0.39 is 12.0 Å². The van der Waals surface area contributed by atoms with Gasteiger partial charge >= 0.3 is 6.03 Å². The largest absolute Gasteiger partial charge is 0.391 e. The SMILES string of the molecule is NC(=O)C[C@@H]1CN(C(=O)NCC2CC(c3ccc(Cl)cc3)C2)C[C@H]1O. The molecule has 0 radical (unpaired) electrons. The predicted octanol–water partition coefficient (Wildman–Crippen LogP) is 1.71. The van der Waals surface area contributed by atoms with Crippen molar-refractivity contribution in [3.8, 4) is 0 Å². The molecule has 1 saturated carbocycles. The molecule has 1 aliphatic heterocycles. The van der Waals surface area contributed by atoms with E-state index in [1.807, 2.05) is 12.1 Å². The first-order valence-corrected chi connectivity index (χ1v) is 9.04. The van der Waals surface area contributed by atoms with Gasteiger partial charge in [0, 0.05) is 37.0 Å². The summed E-state index contributed by atoms with van der Waals surface area (Å²) in [5.41, 5.74) is 6.47. The maximum Gasteiger partial charge on any atom is 0.317 e. The minimum absolute atomic E-state index is 0.107. The number of halogens is 1. The van der Waals surface area contributed by atoms with E-state index in [4.69, 9.17) is 17.3 Å². The van der Waals surface area contributed by atoms with Crippen molar-refractivity contribution in [1.82, 2.24) is 10.2 Å². The number of nitrogens with one attached hydrogen (secondary N) is 1. The average Bonchev–Trinajstić information content (AvgIpc) is 2.87. The summed E-state index contributed by atoms with van der Waals surface area (Å²) in [4.78, 5) is 24.8. The molecule has 7 heteroatoms. The lowest BCUT2D eigenvalue weighted by molar-refractivity contribution is -0.119. The van der Waals surface area contributed by atoms with Gasteiger partial charge < -0.3 is 21.1 Å². The molecule has 2 aliphatic rings. The number of aliphatic hydroxyl groups is 1. The highest BCUT2D eigenvalue weighted by Gasteiger charge is 2.36. The van der Waals surface area contributed by atoms with Crippen molar-refractivity contribution in [2.24, 2.45) is 17.6 Å². The summed E-state index contributed by atoms with van der Waals surface area (Å²) in [6.45, 7) is 1.26. The van der Waals surface area contributed by atoms with Gasteiger partial charge in [-0.2, -0.15) is 0 Å². The van der Waals surface area contributed by atoms with E-state index in [0.29, 0.717) is 24.9 Å². The lowest BCUT2D eigenvalue weighted by Crippen LogP contribution is -2.43. The second-order valence-corrected chi connectivity index (χ2v) is 7.61. The number of hydrogen-bond donors (Lipinski definition) is 3. The maximum absolute atomic E-state index is 12.2. The second-order valence-electron chi connectivity index (χ2n) is 7.17. The highest BCUT2D eigenvalue weighted by Crippen LogP contribution is 2.41. The Morgan fingerprint density at radius 2 is 1.92 bits per heavy atom. The fourth-order valence-corrected chi connectivity index (χ4v) is 3.86. The number of amides is 3. The highest BCUT2D eigenvalue weighted by atomic mass is 35.5. The number of carbonyl (C=O) groups excluding carboxylic acids is 2. The van der Waals surface area contributed by atoms with Crippen molar-refractivity contribution in [3.05, 3.63) is 34.9 Å². The van der Waals surface area contributed by atoms with Crippen molar-refractivity contribution < 1.29 is 14.7 Å². The van der Waals surface area contributed by atoms with Crippen LogP contribution in [0.25, 0.3) is 0 Å². The van der Waals surface area contributed by atoms with Crippen molar-refractivity contribution in [2.45, 2.75) is 31.3 Å². The van der Waals surface area contributed by atoms with E-state index in [0.717, 1.165) is 17.9 Å². The molecule has 1 heterocycles. The van der Waals surface area contributed by atoms with Crippen LogP contribution in [-0.2, 0) is 4.79 Å². The number of primary amides is 1. The topological polar surface area (TPSA) is 95.7 Å². The predicted molar refractivity (Wildman–Crippen MR) is 95.2 cm³/mol. The Labute approximate surface area is 152 Å². The summed E-state index contributed by atoms with van der Waals surface area (Å²) in [5, 5.41) is 13.6. The molecular formula is C18H24ClN3O3. The van der Waals surface area contributed by atoms with Crippen LogP contribution in [0, 0.1) is 11.8 Å². The number of hydrogen-bond acceptors (Lipinski definition) is 3. The number of aliphatic hydroxyl groups excluding tert-OH is 1. The summed E-state index contributed by atoms with van der Waals surface area (Å²) in [6, 6.07) is 7.76.